The van der Waals surface area contributed by atoms with Gasteiger partial charge in [-0.05, 0) is 131 Å². The van der Waals surface area contributed by atoms with Crippen molar-refractivity contribution in [3.8, 4) is 69.0 Å². The second-order valence-corrected chi connectivity index (χ2v) is 36.9. The summed E-state index contributed by atoms with van der Waals surface area (Å²) in [6.45, 7) is 35.3. The maximum atomic E-state index is 15.1. The first-order valence-electron chi connectivity index (χ1n) is 42.6. The van der Waals surface area contributed by atoms with Crippen LogP contribution in [0.5, 0.6) is 0 Å². The summed E-state index contributed by atoms with van der Waals surface area (Å²) in [6.07, 6.45) is 8.50. The second-order valence-electron chi connectivity index (χ2n) is 33.8. The van der Waals surface area contributed by atoms with Crippen LogP contribution in [0.25, 0.3) is 83.9 Å². The topological polar surface area (TPSA) is 363 Å². The third-order valence-corrected chi connectivity index (χ3v) is 26.9. The van der Waals surface area contributed by atoms with Crippen molar-refractivity contribution in [3.63, 3.8) is 0 Å². The van der Waals surface area contributed by atoms with Crippen molar-refractivity contribution in [2.75, 3.05) is 90.8 Å². The monoisotopic (exact) mass is 2040 g/mol. The number of hydrogen-bond donors (Lipinski definition) is 3. The highest BCUT2D eigenvalue weighted by Gasteiger charge is 2.40. The number of halogens is 15. The van der Waals surface area contributed by atoms with E-state index in [2.05, 4.69) is 62.9 Å². The first-order valence-corrected chi connectivity index (χ1v) is 45.6. The summed E-state index contributed by atoms with van der Waals surface area (Å²) in [6, 6.07) is 14.7. The van der Waals surface area contributed by atoms with E-state index in [9.17, 15) is 70.9 Å². The van der Waals surface area contributed by atoms with Gasteiger partial charge in [0.25, 0.3) is 16.7 Å². The summed E-state index contributed by atoms with van der Waals surface area (Å²) in [5, 5.41) is 28.9. The molecule has 3 atom stereocenters. The fourth-order valence-electron chi connectivity index (χ4n) is 17.6. The van der Waals surface area contributed by atoms with Gasteiger partial charge >= 0.3 is 0 Å². The summed E-state index contributed by atoms with van der Waals surface area (Å²) < 4.78 is 106. The van der Waals surface area contributed by atoms with Crippen molar-refractivity contribution in [3.05, 3.63) is 255 Å². The molecule has 6 N–H and O–H groups in total. The van der Waals surface area contributed by atoms with Crippen LogP contribution in [-0.4, -0.2) is 153 Å². The van der Waals surface area contributed by atoms with Crippen LogP contribution in [0.2, 0.25) is 40.2 Å². The van der Waals surface area contributed by atoms with Crippen molar-refractivity contribution < 1.29 is 45.1 Å². The molecule has 42 heteroatoms. The number of nitrogens with zero attached hydrogens (tertiary/aromatic N) is 18. The third-order valence-electron chi connectivity index (χ3n) is 24.2. The number of hydrogen-bond acceptors (Lipinski definition) is 21. The van der Waals surface area contributed by atoms with Gasteiger partial charge in [-0.3, -0.25) is 57.4 Å². The van der Waals surface area contributed by atoms with Crippen LogP contribution < -0.4 is 48.6 Å². The van der Waals surface area contributed by atoms with Crippen LogP contribution in [0, 0.1) is 95.5 Å². The fourth-order valence-corrected chi connectivity index (χ4v) is 19.5. The Bertz CT molecular complexity index is 6790. The Morgan fingerprint density at radius 3 is 0.906 bits per heavy atom. The third kappa shape index (κ3) is 17.9. The highest BCUT2D eigenvalue weighted by atomic mass is 35.5. The average molecular weight is 2040 g/mol. The number of nitrogen functional groups attached to an aromatic ring is 3. The van der Waals surface area contributed by atoms with Gasteiger partial charge in [-0.15, -0.1) is 0 Å². The highest BCUT2D eigenvalue weighted by Crippen LogP contribution is 2.51. The van der Waals surface area contributed by atoms with Gasteiger partial charge in [0.15, 0.2) is 40.7 Å². The molecule has 3 aromatic carbocycles. The van der Waals surface area contributed by atoms with Gasteiger partial charge in [-0.1, -0.05) is 154 Å². The maximum absolute atomic E-state index is 15.1. The number of aromatic nitrogens is 9. The Kier molecular flexibility index (Phi) is 30.1. The molecule has 3 aliphatic rings. The van der Waals surface area contributed by atoms with Gasteiger partial charge in [0, 0.05) is 128 Å². The first kappa shape index (κ1) is 102. The number of pyridine rings is 9. The number of fused-ring (bicyclic) bond motifs is 3. The summed E-state index contributed by atoms with van der Waals surface area (Å²) in [7, 11) is 0. The summed E-state index contributed by atoms with van der Waals surface area (Å²) in [5.41, 5.74) is 17.1. The van der Waals surface area contributed by atoms with Crippen molar-refractivity contribution >= 4 is 178 Å². The molecule has 3 aliphatic heterocycles. The zero-order valence-electron chi connectivity index (χ0n) is 75.8. The van der Waals surface area contributed by atoms with Crippen molar-refractivity contribution in [2.45, 2.75) is 119 Å². The lowest BCUT2D eigenvalue weighted by Gasteiger charge is -2.41. The minimum absolute atomic E-state index is 0.00487. The summed E-state index contributed by atoms with van der Waals surface area (Å²) >= 11 is 51.3. The fraction of sp³-hybridized carbons (Fsp3) is 0.281. The van der Waals surface area contributed by atoms with Crippen LogP contribution >= 0.6 is 92.8 Å². The standard InChI is InChI=1S/C32H28Cl4FN7O2.2C32H28Cl2F3N7O2/c1-6-20(45)43-10-9-42(13-16(43)5)30-17-11-19(33)28(21-22(34)25(37)23(35)24(36)26(21)39)41-31(17)44(32(46)18(30)12-38)29-15(4)7-8-40-27(29)14(2)3;2*1-6-20(45)43-10-9-42(13-16(43)5)30-17-11-19(33)28(21-22(34)23(35)24(36)25(37)26(21)39)41-31(17)44(32(46)18(30)12-38)29-15(4)7-8-40-27(29)14(2)3/h3*6-8,11,14,16H,1,9-10,13,39H2,2-5H3/t3*16-/m111/s1. The van der Waals surface area contributed by atoms with Gasteiger partial charge in [0.2, 0.25) is 17.7 Å². The van der Waals surface area contributed by atoms with E-state index in [1.165, 1.54) is 50.1 Å². The Labute approximate surface area is 825 Å². The number of carbonyl (C=O) groups is 3. The summed E-state index contributed by atoms with van der Waals surface area (Å²) in [4.78, 5) is 119. The molecule has 714 valence electrons. The molecule has 0 unspecified atom stereocenters. The van der Waals surface area contributed by atoms with E-state index in [4.69, 9.17) is 115 Å². The van der Waals surface area contributed by atoms with Crippen molar-refractivity contribution in [1.29, 1.82) is 15.8 Å². The summed E-state index contributed by atoms with van der Waals surface area (Å²) in [5.74, 6) is -12.7. The highest BCUT2D eigenvalue weighted by molar-refractivity contribution is 6.47. The number of carbonyl (C=O) groups excluding carboxylic acids is 3. The van der Waals surface area contributed by atoms with Crippen LogP contribution in [-0.2, 0) is 14.4 Å². The van der Waals surface area contributed by atoms with E-state index in [-0.39, 0.29) is 197 Å². The Morgan fingerprint density at radius 2 is 0.659 bits per heavy atom. The molecule has 0 saturated carbocycles. The van der Waals surface area contributed by atoms with Crippen molar-refractivity contribution in [2.24, 2.45) is 0 Å². The molecule has 3 saturated heterocycles. The van der Waals surface area contributed by atoms with Gasteiger partial charge < -0.3 is 46.6 Å². The number of nitriles is 3. The molecule has 0 aliphatic carbocycles. The molecule has 3 amide bonds. The zero-order chi connectivity index (χ0) is 101. The van der Waals surface area contributed by atoms with E-state index >= 15 is 4.39 Å². The van der Waals surface area contributed by atoms with E-state index in [1.54, 1.807) is 75.1 Å². The lowest BCUT2D eigenvalue weighted by Crippen LogP contribution is -2.54. The smallest absolute Gasteiger partial charge is 0.276 e. The molecule has 15 rings (SSSR count). The predicted molar refractivity (Wildman–Crippen MR) is 526 cm³/mol. The molecular weight excluding hydrogens is 1960 g/mol. The largest absolute Gasteiger partial charge is 0.397 e. The molecule has 12 aromatic rings. The van der Waals surface area contributed by atoms with E-state index in [1.807, 2.05) is 74.1 Å². The van der Waals surface area contributed by atoms with Gasteiger partial charge in [-0.2, -0.15) is 15.8 Å². The minimum atomic E-state index is -1.86. The Morgan fingerprint density at radius 1 is 0.399 bits per heavy atom. The Hall–Kier alpha value is -13.1. The van der Waals surface area contributed by atoms with Crippen LogP contribution in [0.1, 0.15) is 131 Å². The van der Waals surface area contributed by atoms with Crippen LogP contribution in [0.15, 0.2) is 107 Å². The molecular formula is C96H84Cl8F7N21O6. The number of rotatable bonds is 15. The molecule has 0 bridgehead atoms. The minimum Gasteiger partial charge on any atom is -0.397 e. The second kappa shape index (κ2) is 40.5. The number of aryl methyl sites for hydroxylation is 3. The quantitative estimate of drug-likeness (QED) is 0.0282. The van der Waals surface area contributed by atoms with Gasteiger partial charge in [0.1, 0.15) is 51.8 Å². The zero-order valence-corrected chi connectivity index (χ0v) is 81.8. The lowest BCUT2D eigenvalue weighted by molar-refractivity contribution is -0.129. The normalized spacial score (nSPS) is 15.0. The lowest BCUT2D eigenvalue weighted by atomic mass is 10.0. The van der Waals surface area contributed by atoms with E-state index < -0.39 is 100.0 Å². The van der Waals surface area contributed by atoms with Gasteiger partial charge in [-0.25, -0.2) is 45.7 Å². The van der Waals surface area contributed by atoms with Crippen LogP contribution in [0.3, 0.4) is 0 Å². The SMILES string of the molecule is C=CC(=O)N1CCN(c2c(C#N)c(=O)n(-c3c(C)ccnc3C(C)C)c3nc(-c4c(N)c(Cl)c(Cl)c(F)c4Cl)c(Cl)cc23)C[C@H]1C.C=CC(=O)N1CCN(c2c(C#N)c(=O)n(-c3c(C)ccnc3C(C)C)c3nc(-c4c(N)c(F)c(F)c(F)c4Cl)c(Cl)cc23)C[C@H]1C.C=CC(=O)N1CCN(c2c(C#N)c(=O)n(-c3c(C)ccnc3C(C)C)c3nc(-c4c(N)c(F)c(F)c(F)c4Cl)c(Cl)cc23)C[C@H]1C. The average Bonchev–Trinajstić information content (AvgIpc) is 0.726. The number of amides is 3. The maximum Gasteiger partial charge on any atom is 0.276 e. The molecule has 0 spiro atoms. The van der Waals surface area contributed by atoms with E-state index in [0.717, 1.165) is 0 Å². The van der Waals surface area contributed by atoms with E-state index in [0.29, 0.717) is 81.5 Å². The number of benzene rings is 3. The molecule has 12 heterocycles. The number of nitrogens with two attached hydrogens (primary N) is 3. The Balaban J connectivity index is 0.000000175. The first-order chi connectivity index (χ1) is 65.2. The number of piperazine rings is 3. The molecule has 0 radical (unpaired) electrons. The molecule has 3 fully saturated rings. The molecule has 27 nitrogen and oxygen atoms in total. The van der Waals surface area contributed by atoms with Crippen LogP contribution in [0.4, 0.5) is 64.9 Å². The predicted octanol–water partition coefficient (Wildman–Crippen LogP) is 19.9. The number of anilines is 6. The van der Waals surface area contributed by atoms with Gasteiger partial charge in [0.05, 0.1) is 126 Å². The molecule has 9 aromatic heterocycles. The van der Waals surface area contributed by atoms with Crippen molar-refractivity contribution in [1.82, 2.24) is 58.3 Å². The molecule has 138 heavy (non-hydrogen) atoms.